The highest BCUT2D eigenvalue weighted by atomic mass is 32.2. The molecule has 28 heavy (non-hydrogen) atoms. The summed E-state index contributed by atoms with van der Waals surface area (Å²) in [5, 5.41) is 8.72. The van der Waals surface area contributed by atoms with Crippen LogP contribution in [-0.4, -0.2) is 50.0 Å². The van der Waals surface area contributed by atoms with Crippen LogP contribution in [0.2, 0.25) is 0 Å². The Morgan fingerprint density at radius 3 is 2.21 bits per heavy atom. The fourth-order valence-corrected chi connectivity index (χ4v) is 4.16. The van der Waals surface area contributed by atoms with E-state index >= 15 is 0 Å². The lowest BCUT2D eigenvalue weighted by molar-refractivity contribution is -0.117. The summed E-state index contributed by atoms with van der Waals surface area (Å²) in [4.78, 5) is 24.0. The number of nitrogens with zero attached hydrogens (tertiary/aromatic N) is 1. The molecule has 9 heteroatoms. The second kappa shape index (κ2) is 8.48. The Bertz CT molecular complexity index is 813. The average molecular weight is 409 g/mol. The zero-order chi connectivity index (χ0) is 20.3. The zero-order valence-electron chi connectivity index (χ0n) is 16.3. The molecule has 1 aliphatic heterocycles. The number of sulfonamides is 1. The van der Waals surface area contributed by atoms with Gasteiger partial charge in [-0.2, -0.15) is 0 Å². The molecule has 0 unspecified atom stereocenters. The zero-order valence-corrected chi connectivity index (χ0v) is 17.1. The van der Waals surface area contributed by atoms with Crippen molar-refractivity contribution in [2.24, 2.45) is 5.92 Å². The number of rotatable bonds is 6. The van der Waals surface area contributed by atoms with Crippen molar-refractivity contribution in [1.82, 2.24) is 14.9 Å². The van der Waals surface area contributed by atoms with Crippen molar-refractivity contribution in [2.45, 2.75) is 44.7 Å². The van der Waals surface area contributed by atoms with Gasteiger partial charge in [-0.15, -0.1) is 0 Å². The molecule has 1 saturated heterocycles. The van der Waals surface area contributed by atoms with E-state index in [0.717, 1.165) is 24.1 Å². The van der Waals surface area contributed by atoms with Crippen LogP contribution in [0.5, 0.6) is 0 Å². The minimum absolute atomic E-state index is 0.0368. The summed E-state index contributed by atoms with van der Waals surface area (Å²) < 4.78 is 24.5. The summed E-state index contributed by atoms with van der Waals surface area (Å²) in [5.74, 6) is 0.230. The fraction of sp³-hybridized carbons (Fsp3) is 0.579. The lowest BCUT2D eigenvalue weighted by Gasteiger charge is -2.31. The number of amides is 3. The lowest BCUT2D eigenvalue weighted by Crippen LogP contribution is -2.49. The third-order valence-electron chi connectivity index (χ3n) is 5.23. The first-order chi connectivity index (χ1) is 13.2. The van der Waals surface area contributed by atoms with Crippen LogP contribution in [0.3, 0.4) is 0 Å². The van der Waals surface area contributed by atoms with Crippen molar-refractivity contribution in [3.8, 4) is 0 Å². The van der Waals surface area contributed by atoms with Gasteiger partial charge in [0, 0.05) is 30.7 Å². The first kappa shape index (κ1) is 20.6. The number of urea groups is 1. The first-order valence-corrected chi connectivity index (χ1v) is 11.5. The van der Waals surface area contributed by atoms with E-state index < -0.39 is 10.0 Å². The Morgan fingerprint density at radius 1 is 1.07 bits per heavy atom. The topological polar surface area (TPSA) is 108 Å². The summed E-state index contributed by atoms with van der Waals surface area (Å²) in [6.45, 7) is 2.74. The van der Waals surface area contributed by atoms with Crippen molar-refractivity contribution in [3.63, 3.8) is 0 Å². The van der Waals surface area contributed by atoms with Gasteiger partial charge in [-0.05, 0) is 50.3 Å². The van der Waals surface area contributed by atoms with Gasteiger partial charge in [0.1, 0.15) is 0 Å². The number of piperidine rings is 1. The molecule has 3 N–H and O–H groups in total. The van der Waals surface area contributed by atoms with E-state index in [-0.39, 0.29) is 29.9 Å². The van der Waals surface area contributed by atoms with Crippen LogP contribution < -0.4 is 16.0 Å². The Balaban J connectivity index is 1.44. The highest BCUT2D eigenvalue weighted by molar-refractivity contribution is 7.88. The van der Waals surface area contributed by atoms with Gasteiger partial charge in [0.05, 0.1) is 12.3 Å². The maximum atomic E-state index is 12.3. The summed E-state index contributed by atoms with van der Waals surface area (Å²) in [6, 6.07) is 6.96. The van der Waals surface area contributed by atoms with Crippen LogP contribution in [0, 0.1) is 5.92 Å². The maximum absolute atomic E-state index is 12.3. The molecular formula is C19H28N4O4S. The van der Waals surface area contributed by atoms with Gasteiger partial charge in [-0.1, -0.05) is 12.1 Å². The smallest absolute Gasteiger partial charge is 0.315 e. The van der Waals surface area contributed by atoms with E-state index in [1.807, 2.05) is 31.2 Å². The minimum Gasteiger partial charge on any atom is -0.335 e. The summed E-state index contributed by atoms with van der Waals surface area (Å²) >= 11 is 0. The molecule has 0 aromatic heterocycles. The molecule has 3 amide bonds. The highest BCUT2D eigenvalue weighted by Gasteiger charge is 2.29. The SMILES string of the molecule is C[C@H](NC(=O)NC1CCN(S(C)(=O)=O)CC1)c1ccc(NC(=O)C2CC2)cc1. The van der Waals surface area contributed by atoms with E-state index in [9.17, 15) is 18.0 Å². The molecule has 1 atom stereocenters. The Hall–Kier alpha value is -2.13. The van der Waals surface area contributed by atoms with Crippen molar-refractivity contribution < 1.29 is 18.0 Å². The number of hydrogen-bond acceptors (Lipinski definition) is 4. The van der Waals surface area contributed by atoms with E-state index in [0.29, 0.717) is 25.9 Å². The molecule has 1 heterocycles. The summed E-state index contributed by atoms with van der Waals surface area (Å²) in [5.41, 5.74) is 1.70. The van der Waals surface area contributed by atoms with Gasteiger partial charge in [0.2, 0.25) is 15.9 Å². The minimum atomic E-state index is -3.17. The van der Waals surface area contributed by atoms with Gasteiger partial charge in [0.15, 0.2) is 0 Å². The number of nitrogens with one attached hydrogen (secondary N) is 3. The maximum Gasteiger partial charge on any atom is 0.315 e. The van der Waals surface area contributed by atoms with E-state index in [2.05, 4.69) is 16.0 Å². The van der Waals surface area contributed by atoms with Gasteiger partial charge < -0.3 is 16.0 Å². The van der Waals surface area contributed by atoms with Crippen LogP contribution in [-0.2, 0) is 14.8 Å². The van der Waals surface area contributed by atoms with Crippen LogP contribution in [0.1, 0.15) is 44.2 Å². The first-order valence-electron chi connectivity index (χ1n) is 9.65. The van der Waals surface area contributed by atoms with Gasteiger partial charge in [-0.3, -0.25) is 4.79 Å². The summed E-state index contributed by atoms with van der Waals surface area (Å²) in [6.07, 6.45) is 4.34. The van der Waals surface area contributed by atoms with Crippen molar-refractivity contribution in [3.05, 3.63) is 29.8 Å². The van der Waals surface area contributed by atoms with Gasteiger partial charge in [-0.25, -0.2) is 17.5 Å². The third-order valence-corrected chi connectivity index (χ3v) is 6.54. The van der Waals surface area contributed by atoms with Crippen molar-refractivity contribution in [2.75, 3.05) is 24.7 Å². The molecule has 0 bridgehead atoms. The molecular weight excluding hydrogens is 380 g/mol. The normalized spacial score (nSPS) is 19.6. The molecule has 0 radical (unpaired) electrons. The second-order valence-corrected chi connectivity index (χ2v) is 9.64. The molecule has 1 aliphatic carbocycles. The number of carbonyl (C=O) groups is 2. The largest absolute Gasteiger partial charge is 0.335 e. The predicted octanol–water partition coefficient (Wildman–Crippen LogP) is 1.82. The number of carbonyl (C=O) groups excluding carboxylic acids is 2. The summed E-state index contributed by atoms with van der Waals surface area (Å²) in [7, 11) is -3.17. The van der Waals surface area contributed by atoms with Crippen LogP contribution in [0.4, 0.5) is 10.5 Å². The van der Waals surface area contributed by atoms with Crippen LogP contribution >= 0.6 is 0 Å². The molecule has 3 rings (SSSR count). The monoisotopic (exact) mass is 408 g/mol. The molecule has 0 spiro atoms. The van der Waals surface area contributed by atoms with E-state index in [1.54, 1.807) is 0 Å². The quantitative estimate of drug-likeness (QED) is 0.667. The fourth-order valence-electron chi connectivity index (χ4n) is 3.28. The van der Waals surface area contributed by atoms with Crippen LogP contribution in [0.15, 0.2) is 24.3 Å². The number of benzene rings is 1. The molecule has 8 nitrogen and oxygen atoms in total. The van der Waals surface area contributed by atoms with Crippen LogP contribution in [0.25, 0.3) is 0 Å². The average Bonchev–Trinajstić information content (AvgIpc) is 3.47. The molecule has 2 fully saturated rings. The predicted molar refractivity (Wildman–Crippen MR) is 107 cm³/mol. The molecule has 154 valence electrons. The Kier molecular flexibility index (Phi) is 6.24. The van der Waals surface area contributed by atoms with Crippen molar-refractivity contribution >= 4 is 27.6 Å². The molecule has 1 saturated carbocycles. The van der Waals surface area contributed by atoms with E-state index in [1.165, 1.54) is 10.6 Å². The highest BCUT2D eigenvalue weighted by Crippen LogP contribution is 2.30. The van der Waals surface area contributed by atoms with Gasteiger partial charge >= 0.3 is 6.03 Å². The van der Waals surface area contributed by atoms with E-state index in [4.69, 9.17) is 0 Å². The molecule has 1 aromatic carbocycles. The van der Waals surface area contributed by atoms with Gasteiger partial charge in [0.25, 0.3) is 0 Å². The molecule has 1 aromatic rings. The molecule has 2 aliphatic rings. The number of hydrogen-bond donors (Lipinski definition) is 3. The third kappa shape index (κ3) is 5.68. The van der Waals surface area contributed by atoms with Crippen molar-refractivity contribution in [1.29, 1.82) is 0 Å². The number of anilines is 1. The second-order valence-electron chi connectivity index (χ2n) is 7.66. The standard InChI is InChI=1S/C19H28N4O4S/c1-13(14-5-7-16(8-6-14)21-18(24)15-3-4-15)20-19(25)22-17-9-11-23(12-10-17)28(2,26)27/h5-8,13,15,17H,3-4,9-12H2,1-2H3,(H,21,24)(H2,20,22,25)/t13-/m0/s1. The lowest BCUT2D eigenvalue weighted by atomic mass is 10.1. The Morgan fingerprint density at radius 2 is 1.68 bits per heavy atom. The Labute approximate surface area is 166 Å².